The van der Waals surface area contributed by atoms with Crippen LogP contribution in [0.5, 0.6) is 5.75 Å². The zero-order chi connectivity index (χ0) is 19.2. The van der Waals surface area contributed by atoms with E-state index in [2.05, 4.69) is 24.4 Å². The zero-order valence-electron chi connectivity index (χ0n) is 14.5. The maximum Gasteiger partial charge on any atom is 0.416 e. The molecule has 26 heavy (non-hydrogen) atoms. The summed E-state index contributed by atoms with van der Waals surface area (Å²) < 4.78 is 43.8. The lowest BCUT2D eigenvalue weighted by atomic mass is 10.1. The Kier molecular flexibility index (Phi) is 6.91. The summed E-state index contributed by atoms with van der Waals surface area (Å²) in [4.78, 5) is 0. The van der Waals surface area contributed by atoms with Gasteiger partial charge in [-0.05, 0) is 60.4 Å². The fraction of sp³-hybridized carbons (Fsp3) is 0.316. The molecule has 0 atom stereocenters. The summed E-state index contributed by atoms with van der Waals surface area (Å²) in [7, 11) is 0. The van der Waals surface area contributed by atoms with E-state index in [1.54, 1.807) is 0 Å². The predicted octanol–water partition coefficient (Wildman–Crippen LogP) is 6.23. The van der Waals surface area contributed by atoms with Crippen molar-refractivity contribution in [1.82, 2.24) is 0 Å². The number of hydrogen-bond donors (Lipinski definition) is 1. The van der Waals surface area contributed by atoms with Crippen LogP contribution >= 0.6 is 11.6 Å². The third kappa shape index (κ3) is 6.26. The van der Waals surface area contributed by atoms with Crippen LogP contribution in [0.3, 0.4) is 0 Å². The first-order chi connectivity index (χ1) is 12.3. The Balaban J connectivity index is 1.96. The molecule has 0 saturated carbocycles. The smallest absolute Gasteiger partial charge is 0.416 e. The van der Waals surface area contributed by atoms with Gasteiger partial charge in [0, 0.05) is 0 Å². The van der Waals surface area contributed by atoms with Crippen LogP contribution < -0.4 is 10.2 Å². The third-order valence-electron chi connectivity index (χ3n) is 3.54. The molecule has 2 rings (SSSR count). The van der Waals surface area contributed by atoms with E-state index in [4.69, 9.17) is 16.3 Å². The molecule has 0 bridgehead atoms. The standard InChI is InChI=1S/C19H20ClF3N2O/c1-13(2)9-10-26-16-6-3-14(4-7-16)12-24-25-18-11-15(19(21,22)23)5-8-17(18)20/h3-8,11-13,25H,9-10H2,1-2H3/b24-12+. The van der Waals surface area contributed by atoms with Gasteiger partial charge in [-0.2, -0.15) is 18.3 Å². The number of anilines is 1. The minimum atomic E-state index is -4.43. The van der Waals surface area contributed by atoms with Gasteiger partial charge in [0.25, 0.3) is 0 Å². The molecule has 7 heteroatoms. The Hall–Kier alpha value is -2.21. The first-order valence-corrected chi connectivity index (χ1v) is 8.52. The lowest BCUT2D eigenvalue weighted by molar-refractivity contribution is -0.137. The van der Waals surface area contributed by atoms with Crippen LogP contribution in [0.1, 0.15) is 31.4 Å². The third-order valence-corrected chi connectivity index (χ3v) is 3.87. The number of rotatable bonds is 7. The predicted molar refractivity (Wildman–Crippen MR) is 99.1 cm³/mol. The SMILES string of the molecule is CC(C)CCOc1ccc(/C=N/Nc2cc(C(F)(F)F)ccc2Cl)cc1. The molecule has 3 nitrogen and oxygen atoms in total. The van der Waals surface area contributed by atoms with Crippen molar-refractivity contribution in [2.75, 3.05) is 12.0 Å². The molecule has 2 aromatic rings. The molecule has 0 heterocycles. The molecule has 2 aromatic carbocycles. The normalized spacial score (nSPS) is 12.0. The zero-order valence-corrected chi connectivity index (χ0v) is 15.2. The van der Waals surface area contributed by atoms with Gasteiger partial charge in [0.15, 0.2) is 0 Å². The van der Waals surface area contributed by atoms with E-state index in [0.29, 0.717) is 12.5 Å². The van der Waals surface area contributed by atoms with Gasteiger partial charge in [-0.15, -0.1) is 0 Å². The maximum absolute atomic E-state index is 12.7. The van der Waals surface area contributed by atoms with Gasteiger partial charge in [-0.3, -0.25) is 5.43 Å². The molecule has 0 radical (unpaired) electrons. The van der Waals surface area contributed by atoms with Gasteiger partial charge < -0.3 is 4.74 Å². The van der Waals surface area contributed by atoms with E-state index in [1.807, 2.05) is 24.3 Å². The lowest BCUT2D eigenvalue weighted by Gasteiger charge is -2.10. The van der Waals surface area contributed by atoms with Gasteiger partial charge in [0.2, 0.25) is 0 Å². The molecular weight excluding hydrogens is 365 g/mol. The summed E-state index contributed by atoms with van der Waals surface area (Å²) in [5, 5.41) is 4.10. The Morgan fingerprint density at radius 1 is 1.15 bits per heavy atom. The second-order valence-electron chi connectivity index (χ2n) is 6.16. The van der Waals surface area contributed by atoms with E-state index in [0.717, 1.165) is 29.9 Å². The molecular formula is C19H20ClF3N2O. The highest BCUT2D eigenvalue weighted by atomic mass is 35.5. The molecule has 0 fully saturated rings. The lowest BCUT2D eigenvalue weighted by Crippen LogP contribution is -2.05. The van der Waals surface area contributed by atoms with Crippen molar-refractivity contribution in [1.29, 1.82) is 0 Å². The Labute approximate surface area is 155 Å². The fourth-order valence-corrected chi connectivity index (χ4v) is 2.19. The summed E-state index contributed by atoms with van der Waals surface area (Å²) in [5.41, 5.74) is 2.62. The van der Waals surface area contributed by atoms with Gasteiger partial charge in [0.05, 0.1) is 29.1 Å². The number of ether oxygens (including phenoxy) is 1. The van der Waals surface area contributed by atoms with E-state index >= 15 is 0 Å². The van der Waals surface area contributed by atoms with Crippen LogP contribution in [-0.4, -0.2) is 12.8 Å². The topological polar surface area (TPSA) is 33.6 Å². The van der Waals surface area contributed by atoms with Crippen molar-refractivity contribution < 1.29 is 17.9 Å². The second-order valence-corrected chi connectivity index (χ2v) is 6.57. The van der Waals surface area contributed by atoms with Crippen molar-refractivity contribution >= 4 is 23.5 Å². The Bertz CT molecular complexity index is 743. The van der Waals surface area contributed by atoms with E-state index in [1.165, 1.54) is 12.3 Å². The fourth-order valence-electron chi connectivity index (χ4n) is 2.03. The summed E-state index contributed by atoms with van der Waals surface area (Å²) in [5.74, 6) is 1.34. The van der Waals surface area contributed by atoms with Crippen LogP contribution in [0.15, 0.2) is 47.6 Å². The van der Waals surface area contributed by atoms with Crippen LogP contribution in [0.4, 0.5) is 18.9 Å². The van der Waals surface area contributed by atoms with Crippen LogP contribution in [0.25, 0.3) is 0 Å². The minimum Gasteiger partial charge on any atom is -0.494 e. The minimum absolute atomic E-state index is 0.0892. The average Bonchev–Trinajstić information content (AvgIpc) is 2.56. The number of alkyl halides is 3. The molecule has 0 aliphatic heterocycles. The monoisotopic (exact) mass is 384 g/mol. The summed E-state index contributed by atoms with van der Waals surface area (Å²) in [6.45, 7) is 4.92. The van der Waals surface area contributed by atoms with Gasteiger partial charge in [0.1, 0.15) is 5.75 Å². The van der Waals surface area contributed by atoms with Crippen LogP contribution in [0, 0.1) is 5.92 Å². The number of nitrogens with zero attached hydrogens (tertiary/aromatic N) is 1. The first-order valence-electron chi connectivity index (χ1n) is 8.14. The summed E-state index contributed by atoms with van der Waals surface area (Å²) in [6.07, 6.45) is -1.96. The Morgan fingerprint density at radius 2 is 1.85 bits per heavy atom. The van der Waals surface area contributed by atoms with Crippen molar-refractivity contribution in [3.63, 3.8) is 0 Å². The second kappa shape index (κ2) is 8.94. The number of nitrogens with one attached hydrogen (secondary N) is 1. The van der Waals surface area contributed by atoms with E-state index < -0.39 is 11.7 Å². The largest absolute Gasteiger partial charge is 0.494 e. The van der Waals surface area contributed by atoms with E-state index in [-0.39, 0.29) is 10.7 Å². The van der Waals surface area contributed by atoms with Crippen LogP contribution in [-0.2, 0) is 6.18 Å². The molecule has 0 aliphatic carbocycles. The highest BCUT2D eigenvalue weighted by Gasteiger charge is 2.30. The van der Waals surface area contributed by atoms with Crippen LogP contribution in [0.2, 0.25) is 5.02 Å². The van der Waals surface area contributed by atoms with Crippen molar-refractivity contribution in [2.45, 2.75) is 26.4 Å². The van der Waals surface area contributed by atoms with Gasteiger partial charge in [-0.1, -0.05) is 25.4 Å². The molecule has 140 valence electrons. The molecule has 0 unspecified atom stereocenters. The molecule has 1 N–H and O–H groups in total. The first kappa shape index (κ1) is 20.1. The van der Waals surface area contributed by atoms with Crippen molar-refractivity contribution in [2.24, 2.45) is 11.0 Å². The molecule has 0 aliphatic rings. The maximum atomic E-state index is 12.7. The van der Waals surface area contributed by atoms with E-state index in [9.17, 15) is 13.2 Å². The summed E-state index contributed by atoms with van der Waals surface area (Å²) in [6, 6.07) is 10.3. The molecule has 0 spiro atoms. The van der Waals surface area contributed by atoms with Crippen molar-refractivity contribution in [3.05, 3.63) is 58.6 Å². The number of hydrazone groups is 1. The Morgan fingerprint density at radius 3 is 2.46 bits per heavy atom. The highest BCUT2D eigenvalue weighted by molar-refractivity contribution is 6.33. The number of benzene rings is 2. The number of hydrogen-bond acceptors (Lipinski definition) is 3. The number of halogens is 4. The van der Waals surface area contributed by atoms with Gasteiger partial charge in [-0.25, -0.2) is 0 Å². The molecule has 0 aromatic heterocycles. The van der Waals surface area contributed by atoms with Crippen molar-refractivity contribution in [3.8, 4) is 5.75 Å². The average molecular weight is 385 g/mol. The highest BCUT2D eigenvalue weighted by Crippen LogP contribution is 2.33. The quantitative estimate of drug-likeness (QED) is 0.453. The van der Waals surface area contributed by atoms with Gasteiger partial charge >= 0.3 is 6.18 Å². The molecule has 0 saturated heterocycles. The summed E-state index contributed by atoms with van der Waals surface area (Å²) >= 11 is 5.90. The molecule has 0 amide bonds.